The number of hydrogen-bond acceptors (Lipinski definition) is 6. The van der Waals surface area contributed by atoms with Gasteiger partial charge in [-0.2, -0.15) is 0 Å². The Labute approximate surface area is 171 Å². The molecule has 1 aliphatic heterocycles. The number of thiazole rings is 1. The third kappa shape index (κ3) is 3.81. The van der Waals surface area contributed by atoms with Crippen LogP contribution in [-0.2, 0) is 4.79 Å². The normalized spacial score (nSPS) is 13.8. The van der Waals surface area contributed by atoms with Gasteiger partial charge in [0, 0.05) is 24.8 Å². The minimum Gasteiger partial charge on any atom is -0.493 e. The van der Waals surface area contributed by atoms with Gasteiger partial charge in [0.05, 0.1) is 24.4 Å². The van der Waals surface area contributed by atoms with E-state index in [0.717, 1.165) is 10.2 Å². The van der Waals surface area contributed by atoms with Crippen LogP contribution in [-0.4, -0.2) is 55.7 Å². The van der Waals surface area contributed by atoms with Crippen LogP contribution in [0.4, 0.5) is 15.6 Å². The minimum absolute atomic E-state index is 0.0292. The molecule has 1 saturated heterocycles. The zero-order chi connectivity index (χ0) is 20.4. The number of para-hydroxylation sites is 1. The fraction of sp³-hybridized carbons (Fsp3) is 0.250. The molecule has 3 aromatic rings. The van der Waals surface area contributed by atoms with Crippen molar-refractivity contribution >= 4 is 44.3 Å². The van der Waals surface area contributed by atoms with Crippen LogP contribution in [0.5, 0.6) is 11.5 Å². The van der Waals surface area contributed by atoms with Crippen molar-refractivity contribution in [2.24, 2.45) is 0 Å². The first-order valence-electron chi connectivity index (χ1n) is 9.03. The molecule has 1 aliphatic rings. The summed E-state index contributed by atoms with van der Waals surface area (Å²) in [6.45, 7) is 0.918. The van der Waals surface area contributed by atoms with E-state index in [0.29, 0.717) is 35.4 Å². The van der Waals surface area contributed by atoms with Crippen LogP contribution < -0.4 is 19.7 Å². The number of methoxy groups -OCH3 is 2. The summed E-state index contributed by atoms with van der Waals surface area (Å²) in [6.07, 6.45) is 0. The largest absolute Gasteiger partial charge is 0.493 e. The number of rotatable bonds is 6. The van der Waals surface area contributed by atoms with E-state index in [2.05, 4.69) is 10.3 Å². The Morgan fingerprint density at radius 3 is 2.69 bits per heavy atom. The maximum Gasteiger partial charge on any atom is 0.325 e. The van der Waals surface area contributed by atoms with Gasteiger partial charge in [0.2, 0.25) is 5.91 Å². The highest BCUT2D eigenvalue weighted by atomic mass is 32.1. The number of ether oxygens (including phenoxy) is 2. The summed E-state index contributed by atoms with van der Waals surface area (Å²) in [6, 6.07) is 12.8. The average molecular weight is 412 g/mol. The number of nitrogens with one attached hydrogen (secondary N) is 1. The summed E-state index contributed by atoms with van der Waals surface area (Å²) >= 11 is 1.41. The lowest BCUT2D eigenvalue weighted by molar-refractivity contribution is -0.116. The fourth-order valence-corrected chi connectivity index (χ4v) is 4.10. The van der Waals surface area contributed by atoms with Crippen LogP contribution >= 0.6 is 11.3 Å². The highest BCUT2D eigenvalue weighted by Gasteiger charge is 2.31. The molecule has 1 N–H and O–H groups in total. The summed E-state index contributed by atoms with van der Waals surface area (Å²) in [7, 11) is 3.11. The minimum atomic E-state index is -0.272. The number of aromatic nitrogens is 1. The lowest BCUT2D eigenvalue weighted by Crippen LogP contribution is -2.37. The lowest BCUT2D eigenvalue weighted by Gasteiger charge is -2.19. The molecule has 0 atom stereocenters. The van der Waals surface area contributed by atoms with Crippen LogP contribution in [0.15, 0.2) is 42.5 Å². The van der Waals surface area contributed by atoms with Crippen molar-refractivity contribution in [1.29, 1.82) is 0 Å². The van der Waals surface area contributed by atoms with Crippen molar-refractivity contribution in [3.8, 4) is 11.5 Å². The number of anilines is 2. The van der Waals surface area contributed by atoms with Crippen LogP contribution in [0.1, 0.15) is 0 Å². The molecule has 1 fully saturated rings. The molecule has 0 spiro atoms. The van der Waals surface area contributed by atoms with Gasteiger partial charge in [-0.15, -0.1) is 0 Å². The SMILES string of the molecule is COc1ccc(N2CCN(CC(=O)Nc3nc4ccccc4s3)C2=O)cc1OC. The second kappa shape index (κ2) is 7.96. The highest BCUT2D eigenvalue weighted by Crippen LogP contribution is 2.33. The third-order valence-corrected chi connectivity index (χ3v) is 5.60. The quantitative estimate of drug-likeness (QED) is 0.672. The van der Waals surface area contributed by atoms with E-state index in [9.17, 15) is 9.59 Å². The van der Waals surface area contributed by atoms with Crippen molar-refractivity contribution in [2.45, 2.75) is 0 Å². The van der Waals surface area contributed by atoms with Crippen molar-refractivity contribution in [2.75, 3.05) is 44.1 Å². The molecule has 150 valence electrons. The van der Waals surface area contributed by atoms with E-state index in [1.165, 1.54) is 16.2 Å². The third-order valence-electron chi connectivity index (χ3n) is 4.65. The van der Waals surface area contributed by atoms with E-state index >= 15 is 0 Å². The number of hydrogen-bond donors (Lipinski definition) is 1. The van der Waals surface area contributed by atoms with E-state index in [1.807, 2.05) is 24.3 Å². The van der Waals surface area contributed by atoms with Crippen LogP contribution in [0.25, 0.3) is 10.2 Å². The molecular formula is C20H20N4O4S. The Balaban J connectivity index is 1.41. The number of carbonyl (C=O) groups is 2. The molecule has 2 heterocycles. The number of urea groups is 1. The monoisotopic (exact) mass is 412 g/mol. The molecule has 0 unspecified atom stereocenters. The standard InChI is InChI=1S/C20H20N4O4S/c1-27-15-8-7-13(11-16(15)28-2)24-10-9-23(20(24)26)12-18(25)22-19-21-14-5-3-4-6-17(14)29-19/h3-8,11H,9-10,12H2,1-2H3,(H,21,22,25). The van der Waals surface area contributed by atoms with E-state index in [1.54, 1.807) is 37.3 Å². The topological polar surface area (TPSA) is 84.0 Å². The van der Waals surface area contributed by atoms with Crippen molar-refractivity contribution in [3.63, 3.8) is 0 Å². The first-order chi connectivity index (χ1) is 14.1. The summed E-state index contributed by atoms with van der Waals surface area (Å²) in [5.74, 6) is 0.867. The molecule has 8 nitrogen and oxygen atoms in total. The molecule has 4 rings (SSSR count). The molecule has 0 aliphatic carbocycles. The summed E-state index contributed by atoms with van der Waals surface area (Å²) < 4.78 is 11.5. The zero-order valence-corrected chi connectivity index (χ0v) is 16.9. The second-order valence-electron chi connectivity index (χ2n) is 6.43. The first kappa shape index (κ1) is 19.0. The van der Waals surface area contributed by atoms with Gasteiger partial charge < -0.3 is 19.7 Å². The van der Waals surface area contributed by atoms with E-state index < -0.39 is 0 Å². The fourth-order valence-electron chi connectivity index (χ4n) is 3.22. The molecular weight excluding hydrogens is 392 g/mol. The van der Waals surface area contributed by atoms with Gasteiger partial charge >= 0.3 is 6.03 Å². The molecule has 29 heavy (non-hydrogen) atoms. The van der Waals surface area contributed by atoms with Gasteiger partial charge in [-0.25, -0.2) is 9.78 Å². The Morgan fingerprint density at radius 2 is 1.93 bits per heavy atom. The molecule has 2 aromatic carbocycles. The molecule has 9 heteroatoms. The predicted octanol–water partition coefficient (Wildman–Crippen LogP) is 3.19. The smallest absolute Gasteiger partial charge is 0.325 e. The van der Waals surface area contributed by atoms with Gasteiger partial charge in [-0.1, -0.05) is 23.5 Å². The molecule has 0 saturated carbocycles. The maximum absolute atomic E-state index is 12.8. The zero-order valence-electron chi connectivity index (χ0n) is 16.0. The summed E-state index contributed by atoms with van der Waals surface area (Å²) in [5, 5.41) is 3.31. The number of fused-ring (bicyclic) bond motifs is 1. The highest BCUT2D eigenvalue weighted by molar-refractivity contribution is 7.22. The number of amides is 3. The second-order valence-corrected chi connectivity index (χ2v) is 7.46. The average Bonchev–Trinajstić information content (AvgIpc) is 3.30. The molecule has 0 bridgehead atoms. The Bertz CT molecular complexity index is 1030. The van der Waals surface area contributed by atoms with Gasteiger partial charge in [0.25, 0.3) is 0 Å². The molecule has 1 aromatic heterocycles. The van der Waals surface area contributed by atoms with E-state index in [-0.39, 0.29) is 18.5 Å². The van der Waals surface area contributed by atoms with Crippen molar-refractivity contribution in [3.05, 3.63) is 42.5 Å². The molecule has 3 amide bonds. The predicted molar refractivity (Wildman–Crippen MR) is 112 cm³/mol. The summed E-state index contributed by atoms with van der Waals surface area (Å²) in [4.78, 5) is 32.7. The van der Waals surface area contributed by atoms with Crippen molar-refractivity contribution in [1.82, 2.24) is 9.88 Å². The van der Waals surface area contributed by atoms with Gasteiger partial charge in [0.15, 0.2) is 16.6 Å². The van der Waals surface area contributed by atoms with Crippen LogP contribution in [0.2, 0.25) is 0 Å². The number of carbonyl (C=O) groups excluding carboxylic acids is 2. The van der Waals surface area contributed by atoms with Crippen molar-refractivity contribution < 1.29 is 19.1 Å². The Kier molecular flexibility index (Phi) is 5.22. The maximum atomic E-state index is 12.8. The number of nitrogens with zero attached hydrogens (tertiary/aromatic N) is 3. The summed E-state index contributed by atoms with van der Waals surface area (Å²) in [5.41, 5.74) is 1.53. The van der Waals surface area contributed by atoms with Crippen LogP contribution in [0.3, 0.4) is 0 Å². The van der Waals surface area contributed by atoms with Gasteiger partial charge in [0.1, 0.15) is 6.54 Å². The molecule has 0 radical (unpaired) electrons. The first-order valence-corrected chi connectivity index (χ1v) is 9.84. The van der Waals surface area contributed by atoms with Gasteiger partial charge in [-0.3, -0.25) is 9.69 Å². The Morgan fingerprint density at radius 1 is 1.14 bits per heavy atom. The van der Waals surface area contributed by atoms with Crippen LogP contribution in [0, 0.1) is 0 Å². The van der Waals surface area contributed by atoms with Gasteiger partial charge in [-0.05, 0) is 24.3 Å². The number of benzene rings is 2. The van der Waals surface area contributed by atoms with E-state index in [4.69, 9.17) is 9.47 Å². The lowest BCUT2D eigenvalue weighted by atomic mass is 10.2. The Hall–Kier alpha value is -3.33.